The van der Waals surface area contributed by atoms with Gasteiger partial charge in [0.2, 0.25) is 0 Å². The molecule has 0 radical (unpaired) electrons. The molecule has 0 saturated heterocycles. The van der Waals surface area contributed by atoms with Gasteiger partial charge in [0.25, 0.3) is 0 Å². The first kappa shape index (κ1) is 11.1. The molecule has 0 fully saturated rings. The third kappa shape index (κ3) is 2.60. The lowest BCUT2D eigenvalue weighted by Gasteiger charge is -2.10. The molecule has 0 spiro atoms. The van der Waals surface area contributed by atoms with Gasteiger partial charge in [-0.15, -0.1) is 0 Å². The molecule has 0 saturated carbocycles. The number of nitrogens with one attached hydrogen (secondary N) is 1. The predicted molar refractivity (Wildman–Crippen MR) is 66.5 cm³/mol. The monoisotopic (exact) mass is 227 g/mol. The van der Waals surface area contributed by atoms with Crippen LogP contribution in [0.1, 0.15) is 11.1 Å². The molecule has 0 unspecified atom stereocenters. The maximum Gasteiger partial charge on any atom is 0.145 e. The zero-order chi connectivity index (χ0) is 12.3. The van der Waals surface area contributed by atoms with Crippen molar-refractivity contribution in [1.29, 1.82) is 5.41 Å². The van der Waals surface area contributed by atoms with Gasteiger partial charge in [-0.2, -0.15) is 0 Å². The number of hydrogen-bond acceptors (Lipinski definition) is 3. The number of nitrogen functional groups attached to an aromatic ring is 1. The number of nitrogens with zero attached hydrogens (tertiary/aromatic N) is 1. The molecule has 2 aromatic rings. The van der Waals surface area contributed by atoms with Crippen LogP contribution >= 0.6 is 0 Å². The summed E-state index contributed by atoms with van der Waals surface area (Å²) >= 11 is 0. The van der Waals surface area contributed by atoms with Gasteiger partial charge in [-0.25, -0.2) is 0 Å². The van der Waals surface area contributed by atoms with Crippen molar-refractivity contribution in [3.05, 3.63) is 53.9 Å². The van der Waals surface area contributed by atoms with Crippen molar-refractivity contribution in [1.82, 2.24) is 4.98 Å². The van der Waals surface area contributed by atoms with Gasteiger partial charge >= 0.3 is 0 Å². The number of nitrogens with two attached hydrogens (primary N) is 1. The van der Waals surface area contributed by atoms with Gasteiger partial charge < -0.3 is 10.5 Å². The van der Waals surface area contributed by atoms with Crippen LogP contribution in [0.5, 0.6) is 11.5 Å². The van der Waals surface area contributed by atoms with Gasteiger partial charge in [0.15, 0.2) is 0 Å². The molecule has 0 aliphatic carbocycles. The Hall–Kier alpha value is -2.36. The summed E-state index contributed by atoms with van der Waals surface area (Å²) in [5.41, 5.74) is 7.15. The van der Waals surface area contributed by atoms with Crippen molar-refractivity contribution >= 4 is 5.84 Å². The predicted octanol–water partition coefficient (Wildman–Crippen LogP) is 2.47. The molecule has 1 aromatic heterocycles. The van der Waals surface area contributed by atoms with Crippen LogP contribution in [0.15, 0.2) is 42.7 Å². The zero-order valence-electron chi connectivity index (χ0n) is 9.47. The highest BCUT2D eigenvalue weighted by Gasteiger charge is 2.07. The maximum absolute atomic E-state index is 7.52. The highest BCUT2D eigenvalue weighted by molar-refractivity contribution is 5.97. The molecule has 2 rings (SSSR count). The van der Waals surface area contributed by atoms with E-state index in [2.05, 4.69) is 4.98 Å². The minimum atomic E-state index is -0.00686. The first-order valence-corrected chi connectivity index (χ1v) is 5.20. The smallest absolute Gasteiger partial charge is 0.145 e. The molecule has 3 N–H and O–H groups in total. The van der Waals surface area contributed by atoms with E-state index in [0.29, 0.717) is 17.1 Å². The lowest BCUT2D eigenvalue weighted by Crippen LogP contribution is -2.12. The van der Waals surface area contributed by atoms with Crippen molar-refractivity contribution in [2.75, 3.05) is 0 Å². The molecular weight excluding hydrogens is 214 g/mol. The van der Waals surface area contributed by atoms with Crippen LogP contribution in [0.3, 0.4) is 0 Å². The van der Waals surface area contributed by atoms with E-state index in [1.165, 1.54) is 0 Å². The first-order chi connectivity index (χ1) is 8.16. The number of benzene rings is 1. The second-order valence-corrected chi connectivity index (χ2v) is 3.70. The quantitative estimate of drug-likeness (QED) is 0.625. The van der Waals surface area contributed by atoms with Gasteiger partial charge in [0.05, 0.1) is 11.8 Å². The molecule has 86 valence electrons. The lowest BCUT2D eigenvalue weighted by molar-refractivity contribution is 0.479. The molecule has 17 heavy (non-hydrogen) atoms. The summed E-state index contributed by atoms with van der Waals surface area (Å²) in [7, 11) is 0. The van der Waals surface area contributed by atoms with Crippen molar-refractivity contribution in [2.45, 2.75) is 6.92 Å². The van der Waals surface area contributed by atoms with E-state index in [1.54, 1.807) is 30.6 Å². The number of pyridine rings is 1. The van der Waals surface area contributed by atoms with Crippen molar-refractivity contribution in [3.8, 4) is 11.5 Å². The normalized spacial score (nSPS) is 9.94. The van der Waals surface area contributed by atoms with Gasteiger partial charge in [-0.1, -0.05) is 11.6 Å². The fourth-order valence-corrected chi connectivity index (χ4v) is 1.48. The van der Waals surface area contributed by atoms with Crippen molar-refractivity contribution < 1.29 is 4.74 Å². The van der Waals surface area contributed by atoms with Crippen molar-refractivity contribution in [3.63, 3.8) is 0 Å². The Bertz CT molecular complexity index is 538. The fourth-order valence-electron chi connectivity index (χ4n) is 1.48. The third-order valence-electron chi connectivity index (χ3n) is 2.29. The molecule has 4 nitrogen and oxygen atoms in total. The van der Waals surface area contributed by atoms with E-state index in [-0.39, 0.29) is 5.84 Å². The third-order valence-corrected chi connectivity index (χ3v) is 2.29. The number of amidine groups is 1. The van der Waals surface area contributed by atoms with Gasteiger partial charge in [-0.05, 0) is 31.2 Å². The Kier molecular flexibility index (Phi) is 3.05. The largest absolute Gasteiger partial charge is 0.455 e. The standard InChI is InChI=1S/C13H13N3O/c1-9-4-5-12(11(7-9)13(14)15)17-10-3-2-6-16-8-10/h2-8H,1H3,(H3,14,15). The van der Waals surface area contributed by atoms with Crippen LogP contribution in [-0.4, -0.2) is 10.8 Å². The van der Waals surface area contributed by atoms with E-state index in [1.807, 2.05) is 19.1 Å². The van der Waals surface area contributed by atoms with Crippen molar-refractivity contribution in [2.24, 2.45) is 5.73 Å². The van der Waals surface area contributed by atoms with E-state index in [0.717, 1.165) is 5.56 Å². The summed E-state index contributed by atoms with van der Waals surface area (Å²) in [5.74, 6) is 1.18. The molecule has 1 heterocycles. The maximum atomic E-state index is 7.52. The Morgan fingerprint density at radius 2 is 2.18 bits per heavy atom. The van der Waals surface area contributed by atoms with Crippen LogP contribution in [-0.2, 0) is 0 Å². The van der Waals surface area contributed by atoms with E-state index < -0.39 is 0 Å². The van der Waals surface area contributed by atoms with Crippen LogP contribution in [0.25, 0.3) is 0 Å². The average Bonchev–Trinajstić information content (AvgIpc) is 2.32. The fraction of sp³-hybridized carbons (Fsp3) is 0.0769. The first-order valence-electron chi connectivity index (χ1n) is 5.20. The summed E-state index contributed by atoms with van der Waals surface area (Å²) in [6, 6.07) is 9.14. The SMILES string of the molecule is Cc1ccc(Oc2cccnc2)c(C(=N)N)c1. The molecule has 0 atom stereocenters. The second kappa shape index (κ2) is 4.65. The Morgan fingerprint density at radius 3 is 2.82 bits per heavy atom. The van der Waals surface area contributed by atoms with Gasteiger partial charge in [0, 0.05) is 6.20 Å². The summed E-state index contributed by atoms with van der Waals surface area (Å²) in [4.78, 5) is 3.96. The summed E-state index contributed by atoms with van der Waals surface area (Å²) < 4.78 is 5.64. The highest BCUT2D eigenvalue weighted by Crippen LogP contribution is 2.25. The number of aromatic nitrogens is 1. The van der Waals surface area contributed by atoms with E-state index in [4.69, 9.17) is 15.9 Å². The molecule has 0 bridgehead atoms. The lowest BCUT2D eigenvalue weighted by atomic mass is 10.1. The molecule has 0 aliphatic heterocycles. The Morgan fingerprint density at radius 1 is 1.35 bits per heavy atom. The van der Waals surface area contributed by atoms with Crippen LogP contribution < -0.4 is 10.5 Å². The average molecular weight is 227 g/mol. The summed E-state index contributed by atoms with van der Waals surface area (Å²) in [5, 5.41) is 7.52. The molecule has 1 aromatic carbocycles. The summed E-state index contributed by atoms with van der Waals surface area (Å²) in [6.45, 7) is 1.94. The Balaban J connectivity index is 2.36. The van der Waals surface area contributed by atoms with E-state index >= 15 is 0 Å². The van der Waals surface area contributed by atoms with Gasteiger partial charge in [-0.3, -0.25) is 10.4 Å². The van der Waals surface area contributed by atoms with Crippen LogP contribution in [0.2, 0.25) is 0 Å². The second-order valence-electron chi connectivity index (χ2n) is 3.70. The number of rotatable bonds is 3. The van der Waals surface area contributed by atoms with Gasteiger partial charge in [0.1, 0.15) is 17.3 Å². The molecule has 0 amide bonds. The summed E-state index contributed by atoms with van der Waals surface area (Å²) in [6.07, 6.45) is 3.29. The molecule has 4 heteroatoms. The van der Waals surface area contributed by atoms with E-state index in [9.17, 15) is 0 Å². The minimum absolute atomic E-state index is 0.00686. The highest BCUT2D eigenvalue weighted by atomic mass is 16.5. The topological polar surface area (TPSA) is 72.0 Å². The van der Waals surface area contributed by atoms with Crippen LogP contribution in [0.4, 0.5) is 0 Å². The molecular formula is C13H13N3O. The number of hydrogen-bond donors (Lipinski definition) is 2. The molecule has 0 aliphatic rings. The minimum Gasteiger partial charge on any atom is -0.455 e. The zero-order valence-corrected chi connectivity index (χ0v) is 9.47. The number of aryl methyl sites for hydroxylation is 1. The number of ether oxygens (including phenoxy) is 1. The Labute approximate surface area is 99.6 Å². The van der Waals surface area contributed by atoms with Crippen LogP contribution in [0, 0.1) is 12.3 Å².